The van der Waals surface area contributed by atoms with Crippen molar-refractivity contribution >= 4 is 11.3 Å². The van der Waals surface area contributed by atoms with Crippen LogP contribution < -0.4 is 0 Å². The van der Waals surface area contributed by atoms with Crippen LogP contribution >= 0.6 is 11.3 Å². The number of aryl methyl sites for hydroxylation is 1. The van der Waals surface area contributed by atoms with Crippen molar-refractivity contribution in [3.63, 3.8) is 0 Å². The Bertz CT molecular complexity index is 418. The molecule has 0 bridgehead atoms. The SMILES string of the molecule is Cc1sccc1-c1ccccc1F. The van der Waals surface area contributed by atoms with Gasteiger partial charge in [0.15, 0.2) is 0 Å². The third-order valence-electron chi connectivity index (χ3n) is 2.02. The molecule has 0 amide bonds. The van der Waals surface area contributed by atoms with Gasteiger partial charge in [0.05, 0.1) is 0 Å². The topological polar surface area (TPSA) is 0 Å². The van der Waals surface area contributed by atoms with Crippen molar-refractivity contribution in [2.75, 3.05) is 0 Å². The highest BCUT2D eigenvalue weighted by molar-refractivity contribution is 7.10. The van der Waals surface area contributed by atoms with Gasteiger partial charge in [-0.3, -0.25) is 0 Å². The lowest BCUT2D eigenvalue weighted by atomic mass is 10.1. The number of rotatable bonds is 1. The molecule has 13 heavy (non-hydrogen) atoms. The maximum absolute atomic E-state index is 13.3. The second-order valence-electron chi connectivity index (χ2n) is 2.87. The Labute approximate surface area is 80.7 Å². The fraction of sp³-hybridized carbons (Fsp3) is 0.0909. The van der Waals surface area contributed by atoms with E-state index < -0.39 is 0 Å². The van der Waals surface area contributed by atoms with Crippen molar-refractivity contribution in [1.29, 1.82) is 0 Å². The first kappa shape index (κ1) is 8.45. The predicted molar refractivity (Wildman–Crippen MR) is 54.5 cm³/mol. The lowest BCUT2D eigenvalue weighted by Crippen LogP contribution is -1.82. The van der Waals surface area contributed by atoms with Crippen molar-refractivity contribution in [1.82, 2.24) is 0 Å². The molecular formula is C11H9FS. The van der Waals surface area contributed by atoms with Crippen LogP contribution in [0.5, 0.6) is 0 Å². The summed E-state index contributed by atoms with van der Waals surface area (Å²) in [5.41, 5.74) is 1.70. The lowest BCUT2D eigenvalue weighted by Gasteiger charge is -2.00. The molecule has 2 heteroatoms. The van der Waals surface area contributed by atoms with Crippen LogP contribution in [0.15, 0.2) is 35.7 Å². The van der Waals surface area contributed by atoms with Crippen LogP contribution in [0.4, 0.5) is 4.39 Å². The van der Waals surface area contributed by atoms with Gasteiger partial charge in [-0.05, 0) is 30.0 Å². The summed E-state index contributed by atoms with van der Waals surface area (Å²) in [4.78, 5) is 1.16. The molecular weight excluding hydrogens is 183 g/mol. The van der Waals surface area contributed by atoms with E-state index in [2.05, 4.69) is 0 Å². The highest BCUT2D eigenvalue weighted by atomic mass is 32.1. The molecule has 0 atom stereocenters. The molecule has 2 rings (SSSR count). The van der Waals surface area contributed by atoms with Gasteiger partial charge in [-0.1, -0.05) is 18.2 Å². The quantitative estimate of drug-likeness (QED) is 0.643. The molecule has 0 saturated heterocycles. The van der Waals surface area contributed by atoms with E-state index in [0.29, 0.717) is 5.56 Å². The van der Waals surface area contributed by atoms with Crippen molar-refractivity contribution in [3.8, 4) is 11.1 Å². The van der Waals surface area contributed by atoms with Crippen LogP contribution in [0, 0.1) is 12.7 Å². The summed E-state index contributed by atoms with van der Waals surface area (Å²) in [6.45, 7) is 2.01. The van der Waals surface area contributed by atoms with Crippen LogP contribution in [-0.4, -0.2) is 0 Å². The minimum Gasteiger partial charge on any atom is -0.206 e. The minimum absolute atomic E-state index is 0.149. The third-order valence-corrected chi connectivity index (χ3v) is 2.87. The third kappa shape index (κ3) is 1.49. The first-order valence-electron chi connectivity index (χ1n) is 4.08. The first-order valence-corrected chi connectivity index (χ1v) is 4.96. The fourth-order valence-electron chi connectivity index (χ4n) is 1.34. The molecule has 2 aromatic rings. The smallest absolute Gasteiger partial charge is 0.131 e. The van der Waals surface area contributed by atoms with Gasteiger partial charge in [-0.25, -0.2) is 4.39 Å². The van der Waals surface area contributed by atoms with E-state index in [-0.39, 0.29) is 5.82 Å². The molecule has 0 spiro atoms. The van der Waals surface area contributed by atoms with Gasteiger partial charge < -0.3 is 0 Å². The molecule has 0 aliphatic rings. The first-order chi connectivity index (χ1) is 6.29. The lowest BCUT2D eigenvalue weighted by molar-refractivity contribution is 0.631. The standard InChI is InChI=1S/C11H9FS/c1-8-9(6-7-13-8)10-4-2-3-5-11(10)12/h2-7H,1H3. The zero-order valence-electron chi connectivity index (χ0n) is 7.25. The number of benzene rings is 1. The average Bonchev–Trinajstić information content (AvgIpc) is 2.52. The van der Waals surface area contributed by atoms with E-state index in [1.54, 1.807) is 17.4 Å². The van der Waals surface area contributed by atoms with Gasteiger partial charge >= 0.3 is 0 Å². The van der Waals surface area contributed by atoms with Gasteiger partial charge in [0.2, 0.25) is 0 Å². The van der Waals surface area contributed by atoms with Gasteiger partial charge in [-0.2, -0.15) is 0 Å². The molecule has 0 radical (unpaired) electrons. The van der Waals surface area contributed by atoms with Crippen molar-refractivity contribution < 1.29 is 4.39 Å². The molecule has 0 saturated carbocycles. The van der Waals surface area contributed by atoms with Gasteiger partial charge in [0.25, 0.3) is 0 Å². The molecule has 0 aliphatic carbocycles. The van der Waals surface area contributed by atoms with Crippen LogP contribution in [0.2, 0.25) is 0 Å². The summed E-state index contributed by atoms with van der Waals surface area (Å²) >= 11 is 1.64. The van der Waals surface area contributed by atoms with E-state index in [0.717, 1.165) is 10.4 Å². The number of halogens is 1. The molecule has 1 aromatic carbocycles. The Morgan fingerprint density at radius 3 is 2.46 bits per heavy atom. The maximum Gasteiger partial charge on any atom is 0.131 e. The minimum atomic E-state index is -0.149. The fourth-order valence-corrected chi connectivity index (χ4v) is 2.06. The second-order valence-corrected chi connectivity index (χ2v) is 3.99. The molecule has 66 valence electrons. The Hall–Kier alpha value is -1.15. The normalized spacial score (nSPS) is 10.3. The second kappa shape index (κ2) is 3.30. The maximum atomic E-state index is 13.3. The van der Waals surface area contributed by atoms with E-state index in [1.165, 1.54) is 6.07 Å². The Kier molecular flexibility index (Phi) is 2.15. The van der Waals surface area contributed by atoms with Gasteiger partial charge in [0.1, 0.15) is 5.82 Å². The zero-order chi connectivity index (χ0) is 9.26. The number of hydrogen-bond acceptors (Lipinski definition) is 1. The molecule has 0 aliphatic heterocycles. The summed E-state index contributed by atoms with van der Waals surface area (Å²) in [6, 6.07) is 8.82. The summed E-state index contributed by atoms with van der Waals surface area (Å²) in [5, 5.41) is 1.98. The van der Waals surface area contributed by atoms with Crippen LogP contribution in [0.25, 0.3) is 11.1 Å². The van der Waals surface area contributed by atoms with Gasteiger partial charge in [0, 0.05) is 10.4 Å². The summed E-state index contributed by atoms with van der Waals surface area (Å²) in [7, 11) is 0. The Morgan fingerprint density at radius 2 is 1.85 bits per heavy atom. The Morgan fingerprint density at radius 1 is 1.08 bits per heavy atom. The van der Waals surface area contributed by atoms with Crippen LogP contribution in [-0.2, 0) is 0 Å². The van der Waals surface area contributed by atoms with E-state index >= 15 is 0 Å². The van der Waals surface area contributed by atoms with Gasteiger partial charge in [-0.15, -0.1) is 11.3 Å². The number of hydrogen-bond donors (Lipinski definition) is 0. The average molecular weight is 192 g/mol. The Balaban J connectivity index is 2.59. The molecule has 0 unspecified atom stereocenters. The summed E-state index contributed by atoms with van der Waals surface area (Å²) < 4.78 is 13.3. The van der Waals surface area contributed by atoms with E-state index in [9.17, 15) is 4.39 Å². The number of thiophene rings is 1. The molecule has 1 aromatic heterocycles. The van der Waals surface area contributed by atoms with Crippen molar-refractivity contribution in [2.24, 2.45) is 0 Å². The van der Waals surface area contributed by atoms with E-state index in [4.69, 9.17) is 0 Å². The van der Waals surface area contributed by atoms with Crippen molar-refractivity contribution in [3.05, 3.63) is 46.4 Å². The molecule has 0 N–H and O–H groups in total. The van der Waals surface area contributed by atoms with Crippen molar-refractivity contribution in [2.45, 2.75) is 6.92 Å². The zero-order valence-corrected chi connectivity index (χ0v) is 8.07. The summed E-state index contributed by atoms with van der Waals surface area (Å²) in [5.74, 6) is -0.149. The molecule has 0 fully saturated rings. The summed E-state index contributed by atoms with van der Waals surface area (Å²) in [6.07, 6.45) is 0. The molecule has 1 heterocycles. The van der Waals surface area contributed by atoms with E-state index in [1.807, 2.05) is 30.5 Å². The van der Waals surface area contributed by atoms with Crippen LogP contribution in [0.3, 0.4) is 0 Å². The largest absolute Gasteiger partial charge is 0.206 e. The highest BCUT2D eigenvalue weighted by Crippen LogP contribution is 2.28. The monoisotopic (exact) mass is 192 g/mol. The highest BCUT2D eigenvalue weighted by Gasteiger charge is 2.06. The predicted octanol–water partition coefficient (Wildman–Crippen LogP) is 3.86. The van der Waals surface area contributed by atoms with Crippen LogP contribution in [0.1, 0.15) is 4.88 Å². The molecule has 0 nitrogen and oxygen atoms in total.